The molecule has 160 valence electrons. The molecule has 0 spiro atoms. The van der Waals surface area contributed by atoms with Crippen molar-refractivity contribution in [2.75, 3.05) is 51.5 Å². The number of hydrogen-bond acceptors (Lipinski definition) is 5. The first-order chi connectivity index (χ1) is 14.7. The lowest BCUT2D eigenvalue weighted by atomic mass is 10.1. The summed E-state index contributed by atoms with van der Waals surface area (Å²) in [5.41, 5.74) is 2.88. The second-order valence-corrected chi connectivity index (χ2v) is 7.87. The predicted octanol–water partition coefficient (Wildman–Crippen LogP) is 3.35. The van der Waals surface area contributed by atoms with Crippen molar-refractivity contribution in [3.8, 4) is 5.75 Å². The highest BCUT2D eigenvalue weighted by atomic mass is 16.5. The van der Waals surface area contributed by atoms with E-state index in [0.29, 0.717) is 24.5 Å². The van der Waals surface area contributed by atoms with E-state index in [0.717, 1.165) is 51.3 Å². The number of nitrogens with zero attached hydrogens (tertiary/aromatic N) is 2. The smallest absolute Gasteiger partial charge is 0.257 e. The van der Waals surface area contributed by atoms with Crippen molar-refractivity contribution in [2.45, 2.75) is 25.5 Å². The van der Waals surface area contributed by atoms with Gasteiger partial charge >= 0.3 is 0 Å². The minimum atomic E-state index is -0.0461. The standard InChI is InChI=1S/C24H30N2O4/c1-25(17-19-8-10-20(11-9-19)26-12-15-28-16-13-26)24(27)22-6-2-3-7-23(22)30-18-21-5-4-14-29-21/h2-3,6-11,21H,4-5,12-18H2,1H3. The van der Waals surface area contributed by atoms with Gasteiger partial charge in [-0.25, -0.2) is 0 Å². The van der Waals surface area contributed by atoms with Crippen LogP contribution in [0, 0.1) is 0 Å². The van der Waals surface area contributed by atoms with Crippen LogP contribution in [0.25, 0.3) is 0 Å². The van der Waals surface area contributed by atoms with Crippen LogP contribution in [-0.4, -0.2) is 63.5 Å². The number of morpholine rings is 1. The van der Waals surface area contributed by atoms with E-state index in [4.69, 9.17) is 14.2 Å². The highest BCUT2D eigenvalue weighted by Gasteiger charge is 2.20. The molecule has 2 aliphatic heterocycles. The normalized spacial score (nSPS) is 19.0. The minimum Gasteiger partial charge on any atom is -0.490 e. The molecular formula is C24H30N2O4. The van der Waals surface area contributed by atoms with Crippen LogP contribution in [0.4, 0.5) is 5.69 Å². The summed E-state index contributed by atoms with van der Waals surface area (Å²) in [6, 6.07) is 15.9. The van der Waals surface area contributed by atoms with Gasteiger partial charge in [-0.05, 0) is 42.7 Å². The molecule has 6 heteroatoms. The van der Waals surface area contributed by atoms with Crippen LogP contribution in [0.3, 0.4) is 0 Å². The fraction of sp³-hybridized carbons (Fsp3) is 0.458. The van der Waals surface area contributed by atoms with Crippen LogP contribution in [0.15, 0.2) is 48.5 Å². The van der Waals surface area contributed by atoms with Crippen molar-refractivity contribution >= 4 is 11.6 Å². The van der Waals surface area contributed by atoms with Crippen molar-refractivity contribution in [1.82, 2.24) is 4.90 Å². The molecule has 2 saturated heterocycles. The number of carbonyl (C=O) groups is 1. The van der Waals surface area contributed by atoms with Gasteiger partial charge in [-0.15, -0.1) is 0 Å². The third-order valence-corrected chi connectivity index (χ3v) is 5.65. The molecule has 1 atom stereocenters. The number of hydrogen-bond donors (Lipinski definition) is 0. The minimum absolute atomic E-state index is 0.0461. The first-order valence-electron chi connectivity index (χ1n) is 10.7. The van der Waals surface area contributed by atoms with E-state index in [1.165, 1.54) is 5.69 Å². The molecule has 2 heterocycles. The monoisotopic (exact) mass is 410 g/mol. The number of ether oxygens (including phenoxy) is 3. The molecule has 2 aromatic carbocycles. The first kappa shape index (κ1) is 20.7. The number of benzene rings is 2. The number of carbonyl (C=O) groups excluding carboxylic acids is 1. The molecule has 6 nitrogen and oxygen atoms in total. The van der Waals surface area contributed by atoms with Crippen molar-refractivity contribution in [2.24, 2.45) is 0 Å². The molecule has 0 aliphatic carbocycles. The zero-order chi connectivity index (χ0) is 20.8. The summed E-state index contributed by atoms with van der Waals surface area (Å²) in [6.07, 6.45) is 2.20. The molecule has 2 fully saturated rings. The lowest BCUT2D eigenvalue weighted by Gasteiger charge is -2.29. The molecule has 2 aliphatic rings. The van der Waals surface area contributed by atoms with Gasteiger partial charge in [0.2, 0.25) is 0 Å². The molecule has 0 bridgehead atoms. The van der Waals surface area contributed by atoms with E-state index < -0.39 is 0 Å². The Morgan fingerprint density at radius 2 is 1.87 bits per heavy atom. The second kappa shape index (κ2) is 9.96. The second-order valence-electron chi connectivity index (χ2n) is 7.87. The lowest BCUT2D eigenvalue weighted by molar-refractivity contribution is 0.0656. The Labute approximate surface area is 178 Å². The molecule has 4 rings (SSSR count). The maximum absolute atomic E-state index is 13.1. The largest absolute Gasteiger partial charge is 0.490 e. The Bertz CT molecular complexity index is 827. The van der Waals surface area contributed by atoms with Gasteiger partial charge in [-0.2, -0.15) is 0 Å². The first-order valence-corrected chi connectivity index (χ1v) is 10.7. The molecular weight excluding hydrogens is 380 g/mol. The zero-order valence-corrected chi connectivity index (χ0v) is 17.6. The predicted molar refractivity (Wildman–Crippen MR) is 116 cm³/mol. The van der Waals surface area contributed by atoms with Gasteiger partial charge in [-0.1, -0.05) is 24.3 Å². The lowest BCUT2D eigenvalue weighted by Crippen LogP contribution is -2.36. The summed E-state index contributed by atoms with van der Waals surface area (Å²) in [5, 5.41) is 0. The van der Waals surface area contributed by atoms with Crippen LogP contribution in [0.1, 0.15) is 28.8 Å². The van der Waals surface area contributed by atoms with E-state index in [1.54, 1.807) is 4.90 Å². The molecule has 0 radical (unpaired) electrons. The molecule has 2 aromatic rings. The SMILES string of the molecule is CN(Cc1ccc(N2CCOCC2)cc1)C(=O)c1ccccc1OCC1CCCO1. The average molecular weight is 411 g/mol. The summed E-state index contributed by atoms with van der Waals surface area (Å²) in [4.78, 5) is 17.1. The molecule has 0 saturated carbocycles. The zero-order valence-electron chi connectivity index (χ0n) is 17.6. The van der Waals surface area contributed by atoms with Gasteiger partial charge in [0.05, 0.1) is 24.9 Å². The quantitative estimate of drug-likeness (QED) is 0.701. The van der Waals surface area contributed by atoms with Gasteiger partial charge in [0, 0.05) is 39.0 Å². The van der Waals surface area contributed by atoms with Crippen LogP contribution >= 0.6 is 0 Å². The van der Waals surface area contributed by atoms with Gasteiger partial charge < -0.3 is 24.0 Å². The molecule has 0 aromatic heterocycles. The maximum Gasteiger partial charge on any atom is 0.257 e. The Morgan fingerprint density at radius 1 is 1.10 bits per heavy atom. The Hall–Kier alpha value is -2.57. The van der Waals surface area contributed by atoms with Crippen molar-refractivity contribution in [1.29, 1.82) is 0 Å². The summed E-state index contributed by atoms with van der Waals surface area (Å²) >= 11 is 0. The summed E-state index contributed by atoms with van der Waals surface area (Å²) < 4.78 is 17.0. The molecule has 1 amide bonds. The van der Waals surface area contributed by atoms with Crippen molar-refractivity contribution in [3.05, 3.63) is 59.7 Å². The van der Waals surface area contributed by atoms with Gasteiger partial charge in [0.1, 0.15) is 12.4 Å². The van der Waals surface area contributed by atoms with Gasteiger partial charge in [0.25, 0.3) is 5.91 Å². The fourth-order valence-electron chi connectivity index (χ4n) is 3.91. The number of rotatable bonds is 7. The van der Waals surface area contributed by atoms with Crippen molar-refractivity contribution in [3.63, 3.8) is 0 Å². The number of para-hydroxylation sites is 1. The van der Waals surface area contributed by atoms with Crippen LogP contribution < -0.4 is 9.64 Å². The van der Waals surface area contributed by atoms with Gasteiger partial charge in [-0.3, -0.25) is 4.79 Å². The van der Waals surface area contributed by atoms with Gasteiger partial charge in [0.15, 0.2) is 0 Å². The third-order valence-electron chi connectivity index (χ3n) is 5.65. The van der Waals surface area contributed by atoms with E-state index in [2.05, 4.69) is 29.2 Å². The van der Waals surface area contributed by atoms with Crippen molar-refractivity contribution < 1.29 is 19.0 Å². The summed E-state index contributed by atoms with van der Waals surface area (Å²) in [6.45, 7) is 5.20. The molecule has 1 unspecified atom stereocenters. The van der Waals surface area contributed by atoms with E-state index in [9.17, 15) is 4.79 Å². The topological polar surface area (TPSA) is 51.2 Å². The fourth-order valence-corrected chi connectivity index (χ4v) is 3.91. The Kier molecular flexibility index (Phi) is 6.87. The Balaban J connectivity index is 1.37. The number of amides is 1. The maximum atomic E-state index is 13.1. The highest BCUT2D eigenvalue weighted by molar-refractivity contribution is 5.96. The molecule has 30 heavy (non-hydrogen) atoms. The van der Waals surface area contributed by atoms with Crippen LogP contribution in [-0.2, 0) is 16.0 Å². The summed E-state index contributed by atoms with van der Waals surface area (Å²) in [7, 11) is 1.83. The van der Waals surface area contributed by atoms with E-state index in [-0.39, 0.29) is 12.0 Å². The third kappa shape index (κ3) is 5.12. The summed E-state index contributed by atoms with van der Waals surface area (Å²) in [5.74, 6) is 0.572. The van der Waals surface area contributed by atoms with E-state index in [1.807, 2.05) is 31.3 Å². The number of anilines is 1. The van der Waals surface area contributed by atoms with E-state index >= 15 is 0 Å². The van der Waals surface area contributed by atoms with Crippen LogP contribution in [0.5, 0.6) is 5.75 Å². The molecule has 0 N–H and O–H groups in total. The highest BCUT2D eigenvalue weighted by Crippen LogP contribution is 2.23. The average Bonchev–Trinajstić information content (AvgIpc) is 3.32. The van der Waals surface area contributed by atoms with Crippen LogP contribution in [0.2, 0.25) is 0 Å². The Morgan fingerprint density at radius 3 is 2.60 bits per heavy atom.